The largest absolute Gasteiger partial charge is 0.356 e. The summed E-state index contributed by atoms with van der Waals surface area (Å²) in [5.41, 5.74) is 0. The Morgan fingerprint density at radius 2 is 1.94 bits per heavy atom. The van der Waals surface area contributed by atoms with E-state index in [1.165, 1.54) is 0 Å². The standard InChI is InChI=1S/C11H23N3O2/c1-5-13-10(15)6-7-12-8-11(16)14(4)9(2)3/h9,12H,5-8H2,1-4H3,(H,13,15). The summed E-state index contributed by atoms with van der Waals surface area (Å²) in [5, 5.41) is 5.66. The fourth-order valence-electron chi connectivity index (χ4n) is 1.10. The molecule has 0 bridgehead atoms. The molecule has 0 aliphatic rings. The van der Waals surface area contributed by atoms with Crippen LogP contribution in [0.5, 0.6) is 0 Å². The summed E-state index contributed by atoms with van der Waals surface area (Å²) in [6, 6.07) is 0.206. The molecule has 0 atom stereocenters. The Kier molecular flexibility index (Phi) is 7.54. The van der Waals surface area contributed by atoms with Crippen molar-refractivity contribution in [2.45, 2.75) is 33.2 Å². The molecule has 0 aliphatic carbocycles. The molecule has 0 spiro atoms. The number of nitrogens with zero attached hydrogens (tertiary/aromatic N) is 1. The van der Waals surface area contributed by atoms with Crippen molar-refractivity contribution in [2.24, 2.45) is 0 Å². The molecule has 0 aromatic carbocycles. The van der Waals surface area contributed by atoms with Crippen LogP contribution in [0.1, 0.15) is 27.2 Å². The minimum absolute atomic E-state index is 0.0136. The van der Waals surface area contributed by atoms with E-state index in [9.17, 15) is 9.59 Å². The zero-order chi connectivity index (χ0) is 12.6. The van der Waals surface area contributed by atoms with E-state index in [1.54, 1.807) is 11.9 Å². The molecule has 5 nitrogen and oxygen atoms in total. The van der Waals surface area contributed by atoms with E-state index in [0.29, 0.717) is 19.5 Å². The van der Waals surface area contributed by atoms with Gasteiger partial charge in [0.25, 0.3) is 0 Å². The van der Waals surface area contributed by atoms with Crippen molar-refractivity contribution in [2.75, 3.05) is 26.7 Å². The van der Waals surface area contributed by atoms with Crippen LogP contribution in [0, 0.1) is 0 Å². The molecule has 0 radical (unpaired) electrons. The van der Waals surface area contributed by atoms with E-state index >= 15 is 0 Å². The molecule has 2 amide bonds. The van der Waals surface area contributed by atoms with Crippen LogP contribution in [-0.2, 0) is 9.59 Å². The molecule has 0 fully saturated rings. The van der Waals surface area contributed by atoms with Crippen molar-refractivity contribution in [1.29, 1.82) is 0 Å². The molecule has 0 saturated heterocycles. The summed E-state index contributed by atoms with van der Waals surface area (Å²) in [5.74, 6) is 0.0607. The Hall–Kier alpha value is -1.10. The van der Waals surface area contributed by atoms with Crippen LogP contribution in [0.3, 0.4) is 0 Å². The third-order valence-electron chi connectivity index (χ3n) is 2.35. The highest BCUT2D eigenvalue weighted by Crippen LogP contribution is 1.92. The van der Waals surface area contributed by atoms with Crippen LogP contribution < -0.4 is 10.6 Å². The maximum absolute atomic E-state index is 11.5. The lowest BCUT2D eigenvalue weighted by atomic mass is 10.3. The Morgan fingerprint density at radius 1 is 1.31 bits per heavy atom. The lowest BCUT2D eigenvalue weighted by Crippen LogP contribution is -2.40. The second kappa shape index (κ2) is 8.10. The predicted octanol–water partition coefficient (Wildman–Crippen LogP) is -0.0310. The quantitative estimate of drug-likeness (QED) is 0.603. The van der Waals surface area contributed by atoms with E-state index in [4.69, 9.17) is 0 Å². The number of amides is 2. The number of hydrogen-bond donors (Lipinski definition) is 2. The molecule has 94 valence electrons. The molecule has 16 heavy (non-hydrogen) atoms. The van der Waals surface area contributed by atoms with Crippen LogP contribution in [-0.4, -0.2) is 49.4 Å². The van der Waals surface area contributed by atoms with Crippen LogP contribution in [0.2, 0.25) is 0 Å². The molecule has 0 aliphatic heterocycles. The molecular formula is C11H23N3O2. The second-order valence-electron chi connectivity index (χ2n) is 3.98. The average Bonchev–Trinajstić information content (AvgIpc) is 2.23. The Balaban J connectivity index is 3.59. The Bertz CT molecular complexity index is 229. The smallest absolute Gasteiger partial charge is 0.236 e. The molecular weight excluding hydrogens is 206 g/mol. The predicted molar refractivity (Wildman–Crippen MR) is 64.1 cm³/mol. The second-order valence-corrected chi connectivity index (χ2v) is 3.98. The summed E-state index contributed by atoms with van der Waals surface area (Å²) < 4.78 is 0. The summed E-state index contributed by atoms with van der Waals surface area (Å²) in [7, 11) is 1.78. The van der Waals surface area contributed by atoms with E-state index in [1.807, 2.05) is 20.8 Å². The van der Waals surface area contributed by atoms with E-state index < -0.39 is 0 Å². The van der Waals surface area contributed by atoms with Gasteiger partial charge in [-0.15, -0.1) is 0 Å². The first-order valence-electron chi connectivity index (χ1n) is 5.72. The van der Waals surface area contributed by atoms with Crippen LogP contribution in [0.25, 0.3) is 0 Å². The van der Waals surface area contributed by atoms with Gasteiger partial charge in [0, 0.05) is 32.6 Å². The Morgan fingerprint density at radius 3 is 2.44 bits per heavy atom. The molecule has 0 aromatic rings. The molecule has 0 saturated carbocycles. The molecule has 0 heterocycles. The van der Waals surface area contributed by atoms with Crippen LogP contribution in [0.4, 0.5) is 0 Å². The maximum atomic E-state index is 11.5. The zero-order valence-corrected chi connectivity index (χ0v) is 10.7. The molecule has 0 aromatic heterocycles. The third kappa shape index (κ3) is 6.40. The van der Waals surface area contributed by atoms with E-state index in [0.717, 1.165) is 0 Å². The van der Waals surface area contributed by atoms with Crippen molar-refractivity contribution in [3.8, 4) is 0 Å². The van der Waals surface area contributed by atoms with Gasteiger partial charge in [-0.05, 0) is 20.8 Å². The molecule has 0 unspecified atom stereocenters. The summed E-state index contributed by atoms with van der Waals surface area (Å²) in [6.07, 6.45) is 0.409. The van der Waals surface area contributed by atoms with Gasteiger partial charge in [-0.25, -0.2) is 0 Å². The topological polar surface area (TPSA) is 61.4 Å². The van der Waals surface area contributed by atoms with Gasteiger partial charge in [0.15, 0.2) is 0 Å². The first kappa shape index (κ1) is 14.9. The molecule has 0 rings (SSSR count). The molecule has 5 heteroatoms. The summed E-state index contributed by atoms with van der Waals surface area (Å²) >= 11 is 0. The van der Waals surface area contributed by atoms with Gasteiger partial charge in [-0.1, -0.05) is 0 Å². The SMILES string of the molecule is CCNC(=O)CCNCC(=O)N(C)C(C)C. The van der Waals surface area contributed by atoms with Crippen LogP contribution >= 0.6 is 0 Å². The maximum Gasteiger partial charge on any atom is 0.236 e. The van der Waals surface area contributed by atoms with Gasteiger partial charge < -0.3 is 15.5 Å². The van der Waals surface area contributed by atoms with Crippen molar-refractivity contribution < 1.29 is 9.59 Å². The van der Waals surface area contributed by atoms with Crippen molar-refractivity contribution in [3.63, 3.8) is 0 Å². The van der Waals surface area contributed by atoms with Crippen LogP contribution in [0.15, 0.2) is 0 Å². The first-order valence-corrected chi connectivity index (χ1v) is 5.72. The fourth-order valence-corrected chi connectivity index (χ4v) is 1.10. The highest BCUT2D eigenvalue weighted by molar-refractivity contribution is 5.78. The van der Waals surface area contributed by atoms with Gasteiger partial charge in [-0.3, -0.25) is 9.59 Å². The van der Waals surface area contributed by atoms with Crippen molar-refractivity contribution >= 4 is 11.8 Å². The Labute approximate surface area is 97.6 Å². The number of likely N-dealkylation sites (N-methyl/N-ethyl adjacent to an activating group) is 1. The van der Waals surface area contributed by atoms with Crippen molar-refractivity contribution in [3.05, 3.63) is 0 Å². The van der Waals surface area contributed by atoms with Crippen molar-refractivity contribution in [1.82, 2.24) is 15.5 Å². The number of rotatable bonds is 7. The van der Waals surface area contributed by atoms with Gasteiger partial charge in [-0.2, -0.15) is 0 Å². The fraction of sp³-hybridized carbons (Fsp3) is 0.818. The van der Waals surface area contributed by atoms with Gasteiger partial charge in [0.1, 0.15) is 0 Å². The highest BCUT2D eigenvalue weighted by atomic mass is 16.2. The minimum Gasteiger partial charge on any atom is -0.356 e. The highest BCUT2D eigenvalue weighted by Gasteiger charge is 2.10. The monoisotopic (exact) mass is 229 g/mol. The number of carbonyl (C=O) groups is 2. The third-order valence-corrected chi connectivity index (χ3v) is 2.35. The van der Waals surface area contributed by atoms with E-state index in [-0.39, 0.29) is 24.4 Å². The van der Waals surface area contributed by atoms with Gasteiger partial charge in [0.2, 0.25) is 11.8 Å². The first-order chi connectivity index (χ1) is 7.49. The number of hydrogen-bond acceptors (Lipinski definition) is 3. The molecule has 2 N–H and O–H groups in total. The lowest BCUT2D eigenvalue weighted by molar-refractivity contribution is -0.130. The minimum atomic E-state index is 0.0136. The number of carbonyl (C=O) groups excluding carboxylic acids is 2. The average molecular weight is 229 g/mol. The summed E-state index contributed by atoms with van der Waals surface area (Å²) in [6.45, 7) is 7.27. The van der Waals surface area contributed by atoms with E-state index in [2.05, 4.69) is 10.6 Å². The number of nitrogens with one attached hydrogen (secondary N) is 2. The summed E-state index contributed by atoms with van der Waals surface area (Å²) in [4.78, 5) is 24.3. The van der Waals surface area contributed by atoms with Gasteiger partial charge in [0.05, 0.1) is 6.54 Å². The van der Waals surface area contributed by atoms with Gasteiger partial charge >= 0.3 is 0 Å². The zero-order valence-electron chi connectivity index (χ0n) is 10.7. The normalized spacial score (nSPS) is 10.3. The lowest BCUT2D eigenvalue weighted by Gasteiger charge is -2.21.